The molecule has 1 aliphatic heterocycles. The fourth-order valence-electron chi connectivity index (χ4n) is 3.20. The maximum absolute atomic E-state index is 13.2. The molecule has 1 aromatic carbocycles. The Morgan fingerprint density at radius 1 is 1.48 bits per heavy atom. The maximum atomic E-state index is 13.2. The molecule has 0 aliphatic carbocycles. The van der Waals surface area contributed by atoms with Crippen LogP contribution in [-0.2, 0) is 6.42 Å². The van der Waals surface area contributed by atoms with E-state index in [-0.39, 0.29) is 11.7 Å². The van der Waals surface area contributed by atoms with Crippen LogP contribution in [0.2, 0.25) is 0 Å². The second-order valence-corrected chi connectivity index (χ2v) is 6.19. The first kappa shape index (κ1) is 15.7. The van der Waals surface area contributed by atoms with Crippen molar-refractivity contribution in [1.82, 2.24) is 9.88 Å². The number of likely N-dealkylation sites (tertiary alicyclic amines) is 1. The number of aryl methyl sites for hydroxylation is 2. The average molecular weight is 316 g/mol. The smallest absolute Gasteiger partial charge is 0.291 e. The van der Waals surface area contributed by atoms with Crippen molar-refractivity contribution in [2.45, 2.75) is 32.6 Å². The fourth-order valence-corrected chi connectivity index (χ4v) is 3.20. The lowest BCUT2D eigenvalue weighted by molar-refractivity contribution is 0.0635. The number of piperidine rings is 1. The molecular weight excluding hydrogens is 295 g/mol. The summed E-state index contributed by atoms with van der Waals surface area (Å²) in [4.78, 5) is 18.3. The average Bonchev–Trinajstić information content (AvgIpc) is 2.99. The van der Waals surface area contributed by atoms with E-state index in [0.29, 0.717) is 17.4 Å². The highest BCUT2D eigenvalue weighted by atomic mass is 19.1. The number of benzene rings is 1. The third-order valence-electron chi connectivity index (χ3n) is 4.48. The third-order valence-corrected chi connectivity index (χ3v) is 4.48. The van der Waals surface area contributed by atoms with Crippen LogP contribution in [0.1, 0.15) is 41.1 Å². The van der Waals surface area contributed by atoms with Gasteiger partial charge in [0, 0.05) is 13.1 Å². The zero-order chi connectivity index (χ0) is 16.2. The number of halogens is 1. The zero-order valence-electron chi connectivity index (χ0n) is 13.3. The van der Waals surface area contributed by atoms with E-state index in [1.807, 2.05) is 11.0 Å². The van der Waals surface area contributed by atoms with E-state index in [9.17, 15) is 9.18 Å². The molecule has 3 rings (SSSR count). The Kier molecular flexibility index (Phi) is 4.74. The van der Waals surface area contributed by atoms with Crippen molar-refractivity contribution in [2.24, 2.45) is 5.92 Å². The summed E-state index contributed by atoms with van der Waals surface area (Å²) in [6.07, 6.45) is 5.21. The van der Waals surface area contributed by atoms with Crippen molar-refractivity contribution in [2.75, 3.05) is 13.1 Å². The lowest BCUT2D eigenvalue weighted by Gasteiger charge is -2.32. The number of carbonyl (C=O) groups is 1. The van der Waals surface area contributed by atoms with Gasteiger partial charge in [-0.1, -0.05) is 12.1 Å². The van der Waals surface area contributed by atoms with E-state index in [1.54, 1.807) is 19.1 Å². The van der Waals surface area contributed by atoms with Gasteiger partial charge in [0.25, 0.3) is 5.91 Å². The summed E-state index contributed by atoms with van der Waals surface area (Å²) in [7, 11) is 0. The van der Waals surface area contributed by atoms with Crippen LogP contribution >= 0.6 is 0 Å². The first-order valence-electron chi connectivity index (χ1n) is 8.07. The Morgan fingerprint density at radius 2 is 2.35 bits per heavy atom. The van der Waals surface area contributed by atoms with Gasteiger partial charge in [-0.2, -0.15) is 0 Å². The molecule has 5 heteroatoms. The van der Waals surface area contributed by atoms with Gasteiger partial charge >= 0.3 is 0 Å². The Morgan fingerprint density at radius 3 is 3.09 bits per heavy atom. The van der Waals surface area contributed by atoms with E-state index < -0.39 is 0 Å². The molecule has 4 nitrogen and oxygen atoms in total. The van der Waals surface area contributed by atoms with Crippen LogP contribution in [0.4, 0.5) is 4.39 Å². The van der Waals surface area contributed by atoms with E-state index in [0.717, 1.165) is 44.3 Å². The molecule has 2 aromatic rings. The summed E-state index contributed by atoms with van der Waals surface area (Å²) in [5.41, 5.74) is 1.65. The van der Waals surface area contributed by atoms with Crippen LogP contribution in [0.5, 0.6) is 0 Å². The molecule has 0 spiro atoms. The van der Waals surface area contributed by atoms with Crippen LogP contribution in [0.15, 0.2) is 35.1 Å². The minimum Gasteiger partial charge on any atom is -0.438 e. The molecule has 1 aliphatic rings. The molecule has 23 heavy (non-hydrogen) atoms. The highest BCUT2D eigenvalue weighted by Gasteiger charge is 2.27. The normalized spacial score (nSPS) is 18.2. The van der Waals surface area contributed by atoms with Gasteiger partial charge < -0.3 is 9.32 Å². The Labute approximate surface area is 135 Å². The van der Waals surface area contributed by atoms with Crippen molar-refractivity contribution in [3.05, 3.63) is 53.5 Å². The molecule has 122 valence electrons. The van der Waals surface area contributed by atoms with Gasteiger partial charge in [0.2, 0.25) is 5.76 Å². The summed E-state index contributed by atoms with van der Waals surface area (Å²) in [6, 6.07) is 6.74. The van der Waals surface area contributed by atoms with E-state index in [1.165, 1.54) is 12.5 Å². The predicted octanol–water partition coefficient (Wildman–Crippen LogP) is 3.61. The van der Waals surface area contributed by atoms with E-state index >= 15 is 0 Å². The van der Waals surface area contributed by atoms with Gasteiger partial charge in [0.15, 0.2) is 6.39 Å². The highest BCUT2D eigenvalue weighted by Crippen LogP contribution is 2.23. The third kappa shape index (κ3) is 3.78. The van der Waals surface area contributed by atoms with Crippen molar-refractivity contribution in [1.29, 1.82) is 0 Å². The lowest BCUT2D eigenvalue weighted by atomic mass is 9.91. The van der Waals surface area contributed by atoms with Gasteiger partial charge in [0.05, 0.1) is 5.69 Å². The van der Waals surface area contributed by atoms with Crippen molar-refractivity contribution >= 4 is 5.91 Å². The Balaban J connectivity index is 1.58. The summed E-state index contributed by atoms with van der Waals surface area (Å²) in [5.74, 6) is 0.522. The van der Waals surface area contributed by atoms with Crippen LogP contribution in [0.25, 0.3) is 0 Å². The first-order valence-corrected chi connectivity index (χ1v) is 8.07. The maximum Gasteiger partial charge on any atom is 0.291 e. The molecular formula is C18H21FN2O2. The molecule has 2 heterocycles. The lowest BCUT2D eigenvalue weighted by Crippen LogP contribution is -2.40. The predicted molar refractivity (Wildman–Crippen MR) is 84.6 cm³/mol. The first-order chi connectivity index (χ1) is 11.1. The summed E-state index contributed by atoms with van der Waals surface area (Å²) in [6.45, 7) is 3.27. The molecule has 1 atom stereocenters. The van der Waals surface area contributed by atoms with E-state index in [2.05, 4.69) is 4.98 Å². The molecule has 0 unspecified atom stereocenters. The Hall–Kier alpha value is -2.17. The number of carbonyl (C=O) groups excluding carboxylic acids is 1. The number of amides is 1. The number of rotatable bonds is 4. The zero-order valence-corrected chi connectivity index (χ0v) is 13.3. The van der Waals surface area contributed by atoms with Crippen LogP contribution in [-0.4, -0.2) is 28.9 Å². The minimum absolute atomic E-state index is 0.0737. The van der Waals surface area contributed by atoms with Gasteiger partial charge in [-0.05, 0) is 56.2 Å². The quantitative estimate of drug-likeness (QED) is 0.865. The molecule has 1 saturated heterocycles. The molecule has 1 amide bonds. The second kappa shape index (κ2) is 6.94. The largest absolute Gasteiger partial charge is 0.438 e. The number of aromatic nitrogens is 1. The Bertz CT molecular complexity index is 683. The summed E-state index contributed by atoms with van der Waals surface area (Å²) in [5, 5.41) is 0. The fraction of sp³-hybridized carbons (Fsp3) is 0.444. The summed E-state index contributed by atoms with van der Waals surface area (Å²) < 4.78 is 18.4. The molecule has 0 N–H and O–H groups in total. The highest BCUT2D eigenvalue weighted by molar-refractivity contribution is 5.92. The number of nitrogens with zero attached hydrogens (tertiary/aromatic N) is 2. The van der Waals surface area contributed by atoms with Crippen molar-refractivity contribution in [3.63, 3.8) is 0 Å². The molecule has 0 radical (unpaired) electrons. The van der Waals surface area contributed by atoms with Gasteiger partial charge in [0.1, 0.15) is 5.82 Å². The second-order valence-electron chi connectivity index (χ2n) is 6.19. The molecule has 0 saturated carbocycles. The molecule has 1 fully saturated rings. The van der Waals surface area contributed by atoms with Crippen molar-refractivity contribution < 1.29 is 13.6 Å². The van der Waals surface area contributed by atoms with Gasteiger partial charge in [-0.25, -0.2) is 9.37 Å². The van der Waals surface area contributed by atoms with Crippen LogP contribution < -0.4 is 0 Å². The number of oxazole rings is 1. The van der Waals surface area contributed by atoms with Gasteiger partial charge in [-0.3, -0.25) is 4.79 Å². The number of hydrogen-bond donors (Lipinski definition) is 0. The van der Waals surface area contributed by atoms with Crippen LogP contribution in [0, 0.1) is 18.7 Å². The van der Waals surface area contributed by atoms with E-state index in [4.69, 9.17) is 4.42 Å². The molecule has 1 aromatic heterocycles. The SMILES string of the molecule is Cc1ncoc1C(=O)N1CCC[C@H](CCc2cccc(F)c2)C1. The van der Waals surface area contributed by atoms with Gasteiger partial charge in [-0.15, -0.1) is 0 Å². The monoisotopic (exact) mass is 316 g/mol. The topological polar surface area (TPSA) is 46.3 Å². The standard InChI is InChI=1S/C18H21FN2O2/c1-13-17(23-12-20-13)18(22)21-9-3-5-15(11-21)8-7-14-4-2-6-16(19)10-14/h2,4,6,10,12,15H,3,5,7-9,11H2,1H3/t15-/m1/s1. The number of hydrogen-bond acceptors (Lipinski definition) is 3. The summed E-state index contributed by atoms with van der Waals surface area (Å²) >= 11 is 0. The molecule has 0 bridgehead atoms. The minimum atomic E-state index is -0.191. The van der Waals surface area contributed by atoms with Crippen molar-refractivity contribution in [3.8, 4) is 0 Å². The van der Waals surface area contributed by atoms with Crippen LogP contribution in [0.3, 0.4) is 0 Å².